The summed E-state index contributed by atoms with van der Waals surface area (Å²) >= 11 is 5.25. The molecule has 0 spiro atoms. The Morgan fingerprint density at radius 3 is 2.79 bits per heavy atom. The third-order valence-corrected chi connectivity index (χ3v) is 5.36. The van der Waals surface area contributed by atoms with Crippen molar-refractivity contribution in [2.24, 2.45) is 4.99 Å². The predicted octanol–water partition coefficient (Wildman–Crippen LogP) is 4.07. The molecule has 2 heterocycles. The van der Waals surface area contributed by atoms with E-state index in [0.717, 1.165) is 36.5 Å². The molecule has 1 atom stereocenters. The number of halogens is 2. The van der Waals surface area contributed by atoms with Crippen molar-refractivity contribution in [1.82, 2.24) is 10.6 Å². The highest BCUT2D eigenvalue weighted by atomic mass is 127. The van der Waals surface area contributed by atoms with Crippen LogP contribution in [0.15, 0.2) is 51.2 Å². The van der Waals surface area contributed by atoms with Crippen molar-refractivity contribution in [2.75, 3.05) is 25.0 Å². The van der Waals surface area contributed by atoms with Crippen molar-refractivity contribution in [2.45, 2.75) is 19.0 Å². The fraction of sp³-hybridized carbons (Fsp3) is 0.353. The zero-order chi connectivity index (χ0) is 16.1. The van der Waals surface area contributed by atoms with Crippen LogP contribution in [0.3, 0.4) is 0 Å². The van der Waals surface area contributed by atoms with Gasteiger partial charge in [0, 0.05) is 41.2 Å². The zero-order valence-corrected chi connectivity index (χ0v) is 18.3. The molecule has 2 aromatic rings. The largest absolute Gasteiger partial charge is 0.369 e. The molecule has 3 rings (SSSR count). The Morgan fingerprint density at radius 1 is 1.33 bits per heavy atom. The Hall–Kier alpha value is -0.800. The number of rotatable bonds is 4. The van der Waals surface area contributed by atoms with Crippen LogP contribution in [0.5, 0.6) is 0 Å². The van der Waals surface area contributed by atoms with Crippen molar-refractivity contribution >= 4 is 62.9 Å². The molecule has 1 saturated heterocycles. The topological polar surface area (TPSA) is 39.7 Å². The number of hydrogen-bond donors (Lipinski definition) is 2. The number of hydrogen-bond acceptors (Lipinski definition) is 3. The fourth-order valence-corrected chi connectivity index (χ4v) is 3.65. The van der Waals surface area contributed by atoms with E-state index in [1.54, 1.807) is 11.3 Å². The molecular formula is C17H22BrIN4S. The van der Waals surface area contributed by atoms with Crippen LogP contribution in [0, 0.1) is 0 Å². The Bertz CT molecular complexity index is 645. The van der Waals surface area contributed by atoms with E-state index in [1.807, 2.05) is 7.05 Å². The summed E-state index contributed by atoms with van der Waals surface area (Å²) in [7, 11) is 1.82. The first-order valence-electron chi connectivity index (χ1n) is 7.74. The van der Waals surface area contributed by atoms with Crippen LogP contribution in [0.25, 0.3) is 0 Å². The minimum absolute atomic E-state index is 0. The van der Waals surface area contributed by atoms with E-state index in [-0.39, 0.29) is 24.0 Å². The lowest BCUT2D eigenvalue weighted by Crippen LogP contribution is -2.44. The minimum Gasteiger partial charge on any atom is -0.369 e. The van der Waals surface area contributed by atoms with Gasteiger partial charge in [-0.3, -0.25) is 4.99 Å². The van der Waals surface area contributed by atoms with Crippen molar-refractivity contribution in [3.63, 3.8) is 0 Å². The molecule has 1 aliphatic heterocycles. The van der Waals surface area contributed by atoms with Gasteiger partial charge in [0.2, 0.25) is 0 Å². The maximum absolute atomic E-state index is 4.33. The summed E-state index contributed by atoms with van der Waals surface area (Å²) in [4.78, 5) is 8.06. The maximum atomic E-state index is 4.33. The molecule has 1 unspecified atom stereocenters. The van der Waals surface area contributed by atoms with Crippen molar-refractivity contribution < 1.29 is 0 Å². The molecule has 1 aromatic heterocycles. The van der Waals surface area contributed by atoms with E-state index in [0.29, 0.717) is 6.04 Å². The van der Waals surface area contributed by atoms with Crippen LogP contribution in [0.2, 0.25) is 0 Å². The molecule has 130 valence electrons. The number of nitrogens with one attached hydrogen (secondary N) is 2. The zero-order valence-electron chi connectivity index (χ0n) is 13.5. The van der Waals surface area contributed by atoms with E-state index in [1.165, 1.54) is 10.6 Å². The molecule has 0 bridgehead atoms. The van der Waals surface area contributed by atoms with Gasteiger partial charge in [0.1, 0.15) is 0 Å². The molecule has 0 amide bonds. The number of thiophene rings is 1. The summed E-state index contributed by atoms with van der Waals surface area (Å²) in [5.74, 6) is 0.876. The second kappa shape index (κ2) is 9.62. The van der Waals surface area contributed by atoms with Crippen LogP contribution >= 0.6 is 51.2 Å². The Balaban J connectivity index is 0.00000208. The first-order valence-corrected chi connectivity index (χ1v) is 9.42. The second-order valence-corrected chi connectivity index (χ2v) is 7.51. The first-order chi connectivity index (χ1) is 11.2. The SMILES string of the molecule is CN=C(NCc1cccs1)NC1CCN(c2ccc(Br)cc2)C1.I. The number of anilines is 1. The van der Waals surface area contributed by atoms with Gasteiger partial charge in [-0.25, -0.2) is 0 Å². The van der Waals surface area contributed by atoms with Crippen molar-refractivity contribution in [3.8, 4) is 0 Å². The van der Waals surface area contributed by atoms with Crippen LogP contribution in [0.1, 0.15) is 11.3 Å². The summed E-state index contributed by atoms with van der Waals surface area (Å²) in [5.41, 5.74) is 1.28. The van der Waals surface area contributed by atoms with Gasteiger partial charge >= 0.3 is 0 Å². The lowest BCUT2D eigenvalue weighted by molar-refractivity contribution is 0.649. The highest BCUT2D eigenvalue weighted by Gasteiger charge is 2.23. The van der Waals surface area contributed by atoms with E-state index in [9.17, 15) is 0 Å². The molecule has 1 fully saturated rings. The second-order valence-electron chi connectivity index (χ2n) is 5.56. The van der Waals surface area contributed by atoms with Gasteiger partial charge in [-0.15, -0.1) is 35.3 Å². The Morgan fingerprint density at radius 2 is 2.12 bits per heavy atom. The molecule has 4 nitrogen and oxygen atoms in total. The monoisotopic (exact) mass is 520 g/mol. The average molecular weight is 521 g/mol. The van der Waals surface area contributed by atoms with E-state index >= 15 is 0 Å². The molecule has 2 N–H and O–H groups in total. The molecule has 0 aliphatic carbocycles. The smallest absolute Gasteiger partial charge is 0.191 e. The minimum atomic E-state index is 0. The molecule has 24 heavy (non-hydrogen) atoms. The van der Waals surface area contributed by atoms with Gasteiger partial charge in [0.15, 0.2) is 5.96 Å². The normalized spacial score (nSPS) is 17.5. The summed E-state index contributed by atoms with van der Waals surface area (Å²) in [6.07, 6.45) is 1.12. The Labute approximate surface area is 172 Å². The first kappa shape index (κ1) is 19.5. The summed E-state index contributed by atoms with van der Waals surface area (Å²) in [6.45, 7) is 2.89. The number of guanidine groups is 1. The van der Waals surface area contributed by atoms with Gasteiger partial charge in [-0.2, -0.15) is 0 Å². The highest BCUT2D eigenvalue weighted by Crippen LogP contribution is 2.22. The number of nitrogens with zero attached hydrogens (tertiary/aromatic N) is 2. The van der Waals surface area contributed by atoms with Crippen LogP contribution in [0.4, 0.5) is 5.69 Å². The molecule has 1 aliphatic rings. The molecule has 1 aromatic carbocycles. The quantitative estimate of drug-likeness (QED) is 0.362. The average Bonchev–Trinajstić information content (AvgIpc) is 3.24. The van der Waals surface area contributed by atoms with E-state index in [2.05, 4.69) is 78.2 Å². The van der Waals surface area contributed by atoms with Gasteiger partial charge in [0.05, 0.1) is 6.54 Å². The highest BCUT2D eigenvalue weighted by molar-refractivity contribution is 14.0. The molecule has 0 saturated carbocycles. The third kappa shape index (κ3) is 5.35. The standard InChI is InChI=1S/C17H21BrN4S.HI/c1-19-17(20-11-16-3-2-10-23-16)21-14-8-9-22(12-14)15-6-4-13(18)5-7-15;/h2-7,10,14H,8-9,11-12H2,1H3,(H2,19,20,21);1H. The van der Waals surface area contributed by atoms with Crippen LogP contribution in [-0.2, 0) is 6.54 Å². The third-order valence-electron chi connectivity index (χ3n) is 3.95. The van der Waals surface area contributed by atoms with E-state index in [4.69, 9.17) is 0 Å². The summed E-state index contributed by atoms with van der Waals surface area (Å²) in [5, 5.41) is 9.01. The lowest BCUT2D eigenvalue weighted by Gasteiger charge is -2.20. The van der Waals surface area contributed by atoms with Gasteiger partial charge in [-0.05, 0) is 42.1 Å². The maximum Gasteiger partial charge on any atom is 0.191 e. The van der Waals surface area contributed by atoms with E-state index < -0.39 is 0 Å². The molecule has 7 heteroatoms. The van der Waals surface area contributed by atoms with Crippen LogP contribution < -0.4 is 15.5 Å². The Kier molecular flexibility index (Phi) is 7.83. The van der Waals surface area contributed by atoms with Crippen molar-refractivity contribution in [3.05, 3.63) is 51.1 Å². The predicted molar refractivity (Wildman–Crippen MR) is 118 cm³/mol. The summed E-state index contributed by atoms with van der Waals surface area (Å²) < 4.78 is 1.12. The van der Waals surface area contributed by atoms with Gasteiger partial charge < -0.3 is 15.5 Å². The van der Waals surface area contributed by atoms with Crippen LogP contribution in [-0.4, -0.2) is 32.1 Å². The summed E-state index contributed by atoms with van der Waals surface area (Å²) in [6, 6.07) is 13.1. The number of aliphatic imine (C=N–C) groups is 1. The molecular weight excluding hydrogens is 499 g/mol. The van der Waals surface area contributed by atoms with Crippen molar-refractivity contribution in [1.29, 1.82) is 0 Å². The molecule has 0 radical (unpaired) electrons. The van der Waals surface area contributed by atoms with Gasteiger partial charge in [-0.1, -0.05) is 22.0 Å². The fourth-order valence-electron chi connectivity index (χ4n) is 2.74. The number of benzene rings is 1. The lowest BCUT2D eigenvalue weighted by atomic mass is 10.3. The van der Waals surface area contributed by atoms with Gasteiger partial charge in [0.25, 0.3) is 0 Å².